The van der Waals surface area contributed by atoms with Crippen LogP contribution in [0.4, 0.5) is 0 Å². The van der Waals surface area contributed by atoms with Crippen LogP contribution in [0.1, 0.15) is 92.4 Å². The predicted molar refractivity (Wildman–Crippen MR) is 111 cm³/mol. The normalized spacial score (nSPS) is 19.8. The predicted octanol–water partition coefficient (Wildman–Crippen LogP) is 5.18. The van der Waals surface area contributed by atoms with E-state index in [4.69, 9.17) is 0 Å². The highest BCUT2D eigenvalue weighted by Gasteiger charge is 2.25. The maximum Gasteiger partial charge on any atom is 0.252 e. The molecule has 0 spiro atoms. The van der Waals surface area contributed by atoms with Gasteiger partial charge in [-0.2, -0.15) is 0 Å². The van der Waals surface area contributed by atoms with Crippen molar-refractivity contribution in [2.45, 2.75) is 96.6 Å². The van der Waals surface area contributed by atoms with Gasteiger partial charge in [0.1, 0.15) is 0 Å². The van der Waals surface area contributed by atoms with Gasteiger partial charge in [-0.1, -0.05) is 32.6 Å². The molecule has 1 unspecified atom stereocenters. The van der Waals surface area contributed by atoms with Gasteiger partial charge in [0.15, 0.2) is 0 Å². The van der Waals surface area contributed by atoms with Gasteiger partial charge in [0.05, 0.1) is 5.56 Å². The van der Waals surface area contributed by atoms with Crippen LogP contribution in [-0.2, 0) is 12.8 Å². The molecule has 0 aliphatic heterocycles. The second-order valence-electron chi connectivity index (χ2n) is 8.15. The first-order chi connectivity index (χ1) is 12.7. The van der Waals surface area contributed by atoms with E-state index in [0.717, 1.165) is 31.5 Å². The second-order valence-corrected chi connectivity index (χ2v) is 9.12. The summed E-state index contributed by atoms with van der Waals surface area (Å²) < 4.78 is 0. The van der Waals surface area contributed by atoms with E-state index >= 15 is 0 Å². The van der Waals surface area contributed by atoms with Crippen LogP contribution >= 0.6 is 11.3 Å². The van der Waals surface area contributed by atoms with Crippen LogP contribution < -0.4 is 5.32 Å². The van der Waals surface area contributed by atoms with Gasteiger partial charge in [0, 0.05) is 35.4 Å². The number of carbonyl (C=O) groups excluding carboxylic acids is 1. The van der Waals surface area contributed by atoms with Crippen LogP contribution in [0.3, 0.4) is 0 Å². The van der Waals surface area contributed by atoms with Gasteiger partial charge in [-0.05, 0) is 57.4 Å². The highest BCUT2D eigenvalue weighted by Crippen LogP contribution is 2.29. The fourth-order valence-electron chi connectivity index (χ4n) is 4.66. The lowest BCUT2D eigenvalue weighted by atomic mass is 9.93. The molecule has 0 saturated heterocycles. The molecule has 0 aromatic carbocycles. The smallest absolute Gasteiger partial charge is 0.252 e. The summed E-state index contributed by atoms with van der Waals surface area (Å²) in [5.41, 5.74) is 2.30. The summed E-state index contributed by atoms with van der Waals surface area (Å²) in [5.74, 6) is 0.150. The first-order valence-electron chi connectivity index (χ1n) is 10.8. The molecule has 0 radical (unpaired) electrons. The lowest BCUT2D eigenvalue weighted by molar-refractivity contribution is 0.0903. The molecular weight excluding hydrogens is 340 g/mol. The van der Waals surface area contributed by atoms with Crippen molar-refractivity contribution in [2.75, 3.05) is 13.1 Å². The number of hydrogen-bond acceptors (Lipinski definition) is 3. The minimum absolute atomic E-state index is 0.150. The Labute approximate surface area is 163 Å². The van der Waals surface area contributed by atoms with Crippen molar-refractivity contribution < 1.29 is 4.79 Å². The van der Waals surface area contributed by atoms with E-state index in [2.05, 4.69) is 29.4 Å². The van der Waals surface area contributed by atoms with E-state index in [-0.39, 0.29) is 5.91 Å². The standard InChI is InChI=1S/C22H36N2OS/c1-3-17(2)24(18-10-6-4-7-11-18)15-14-23-22(25)20-16-26-21-13-9-5-8-12-19(20)21/h16-18H,3-15H2,1-2H3,(H,23,25). The van der Waals surface area contributed by atoms with E-state index in [1.54, 1.807) is 11.3 Å². The molecule has 26 heavy (non-hydrogen) atoms. The number of hydrogen-bond donors (Lipinski definition) is 1. The highest BCUT2D eigenvalue weighted by molar-refractivity contribution is 7.10. The fourth-order valence-corrected chi connectivity index (χ4v) is 5.79. The van der Waals surface area contributed by atoms with Gasteiger partial charge in [-0.15, -0.1) is 11.3 Å². The largest absolute Gasteiger partial charge is 0.351 e. The van der Waals surface area contributed by atoms with Crippen molar-refractivity contribution >= 4 is 17.2 Å². The molecule has 3 nitrogen and oxygen atoms in total. The molecule has 1 aromatic heterocycles. The number of nitrogens with zero attached hydrogens (tertiary/aromatic N) is 1. The molecule has 1 amide bonds. The molecule has 2 aliphatic carbocycles. The van der Waals surface area contributed by atoms with Gasteiger partial charge >= 0.3 is 0 Å². The van der Waals surface area contributed by atoms with E-state index in [1.165, 1.54) is 68.2 Å². The maximum atomic E-state index is 12.8. The SMILES string of the molecule is CCC(C)N(CCNC(=O)c1csc2c1CCCCC2)C1CCCCC1. The molecule has 3 rings (SSSR count). The molecule has 0 bridgehead atoms. The van der Waals surface area contributed by atoms with E-state index in [9.17, 15) is 4.79 Å². The topological polar surface area (TPSA) is 32.3 Å². The maximum absolute atomic E-state index is 12.8. The average molecular weight is 377 g/mol. The van der Waals surface area contributed by atoms with Crippen molar-refractivity contribution in [3.8, 4) is 0 Å². The number of thiophene rings is 1. The Morgan fingerprint density at radius 2 is 1.92 bits per heavy atom. The summed E-state index contributed by atoms with van der Waals surface area (Å²) in [6.45, 7) is 6.37. The number of nitrogens with one attached hydrogen (secondary N) is 1. The summed E-state index contributed by atoms with van der Waals surface area (Å²) in [6, 6.07) is 1.32. The molecule has 146 valence electrons. The third-order valence-corrected chi connectivity index (χ3v) is 7.50. The lowest BCUT2D eigenvalue weighted by Crippen LogP contribution is -2.46. The van der Waals surface area contributed by atoms with Crippen LogP contribution in [0.2, 0.25) is 0 Å². The highest BCUT2D eigenvalue weighted by atomic mass is 32.1. The Hall–Kier alpha value is -0.870. The monoisotopic (exact) mass is 376 g/mol. The number of amides is 1. The van der Waals surface area contributed by atoms with Crippen molar-refractivity contribution in [3.05, 3.63) is 21.4 Å². The van der Waals surface area contributed by atoms with Crippen molar-refractivity contribution in [3.63, 3.8) is 0 Å². The van der Waals surface area contributed by atoms with E-state index in [1.807, 2.05) is 0 Å². The number of rotatable bonds is 7. The summed E-state index contributed by atoms with van der Waals surface area (Å²) in [4.78, 5) is 16.9. The molecule has 1 aromatic rings. The molecule has 1 heterocycles. The fraction of sp³-hybridized carbons (Fsp3) is 0.773. The van der Waals surface area contributed by atoms with Crippen LogP contribution in [0.25, 0.3) is 0 Å². The Morgan fingerprint density at radius 3 is 2.69 bits per heavy atom. The number of aryl methyl sites for hydroxylation is 1. The molecule has 1 fully saturated rings. The van der Waals surface area contributed by atoms with Crippen molar-refractivity contribution in [2.24, 2.45) is 0 Å². The summed E-state index contributed by atoms with van der Waals surface area (Å²) >= 11 is 1.79. The minimum Gasteiger partial charge on any atom is -0.351 e. The molecule has 1 atom stereocenters. The number of fused-ring (bicyclic) bond motifs is 1. The zero-order valence-corrected chi connectivity index (χ0v) is 17.5. The van der Waals surface area contributed by atoms with Gasteiger partial charge in [0.2, 0.25) is 0 Å². The Bertz CT molecular complexity index is 577. The van der Waals surface area contributed by atoms with Gasteiger partial charge in [-0.25, -0.2) is 0 Å². The Balaban J connectivity index is 1.55. The zero-order valence-electron chi connectivity index (χ0n) is 16.7. The molecule has 2 aliphatic rings. The summed E-state index contributed by atoms with van der Waals surface area (Å²) in [5, 5.41) is 5.33. The Kier molecular flexibility index (Phi) is 7.56. The first-order valence-corrected chi connectivity index (χ1v) is 11.7. The quantitative estimate of drug-likeness (QED) is 0.665. The van der Waals surface area contributed by atoms with Crippen LogP contribution in [-0.4, -0.2) is 36.0 Å². The van der Waals surface area contributed by atoms with Crippen molar-refractivity contribution in [1.29, 1.82) is 0 Å². The second kappa shape index (κ2) is 9.89. The van der Waals surface area contributed by atoms with Crippen LogP contribution in [0.5, 0.6) is 0 Å². The molecule has 1 N–H and O–H groups in total. The molecule has 1 saturated carbocycles. The first kappa shape index (κ1) is 19.9. The zero-order chi connectivity index (χ0) is 18.4. The summed E-state index contributed by atoms with van der Waals surface area (Å²) in [7, 11) is 0. The lowest BCUT2D eigenvalue weighted by Gasteiger charge is -2.38. The minimum atomic E-state index is 0.150. The van der Waals surface area contributed by atoms with Crippen LogP contribution in [0, 0.1) is 0 Å². The molecule has 4 heteroatoms. The van der Waals surface area contributed by atoms with Crippen molar-refractivity contribution in [1.82, 2.24) is 10.2 Å². The Morgan fingerprint density at radius 1 is 1.19 bits per heavy atom. The molecular formula is C22H36N2OS. The van der Waals surface area contributed by atoms with Gasteiger partial charge in [-0.3, -0.25) is 9.69 Å². The third kappa shape index (κ3) is 4.89. The summed E-state index contributed by atoms with van der Waals surface area (Å²) in [6.07, 6.45) is 14.0. The average Bonchev–Trinajstić information content (AvgIpc) is 2.93. The van der Waals surface area contributed by atoms with E-state index in [0.29, 0.717) is 12.1 Å². The number of carbonyl (C=O) groups is 1. The third-order valence-electron chi connectivity index (χ3n) is 6.41. The van der Waals surface area contributed by atoms with Gasteiger partial charge < -0.3 is 5.32 Å². The van der Waals surface area contributed by atoms with E-state index < -0.39 is 0 Å². The van der Waals surface area contributed by atoms with Gasteiger partial charge in [0.25, 0.3) is 5.91 Å². The van der Waals surface area contributed by atoms with Crippen LogP contribution in [0.15, 0.2) is 5.38 Å².